The standard InChI is InChI=1S/C21H14N6S/c1-12-14-4-5-24-17(14)3-2-16(12)27-20-13(9-22)10-26-21-15(20)8-19(28-21)18-11-23-6-7-25-18/h2-8,10-11,24H,1H3,(H,26,27). The summed E-state index contributed by atoms with van der Waals surface area (Å²) in [5.74, 6) is 0. The van der Waals surface area contributed by atoms with Crippen molar-refractivity contribution in [3.8, 4) is 16.6 Å². The molecule has 4 aromatic heterocycles. The number of hydrogen-bond acceptors (Lipinski definition) is 6. The number of anilines is 2. The van der Waals surface area contributed by atoms with Crippen molar-refractivity contribution < 1.29 is 0 Å². The van der Waals surface area contributed by atoms with Crippen molar-refractivity contribution >= 4 is 43.8 Å². The Balaban J connectivity index is 1.67. The van der Waals surface area contributed by atoms with E-state index in [9.17, 15) is 5.26 Å². The molecule has 0 radical (unpaired) electrons. The van der Waals surface area contributed by atoms with Crippen LogP contribution in [0.1, 0.15) is 11.1 Å². The Hall–Kier alpha value is -3.76. The van der Waals surface area contributed by atoms with E-state index in [2.05, 4.69) is 44.3 Å². The van der Waals surface area contributed by atoms with Gasteiger partial charge in [-0.25, -0.2) is 4.98 Å². The van der Waals surface area contributed by atoms with Crippen LogP contribution in [0.15, 0.2) is 55.2 Å². The fourth-order valence-electron chi connectivity index (χ4n) is 3.32. The highest BCUT2D eigenvalue weighted by Crippen LogP contribution is 2.38. The number of nitriles is 1. The summed E-state index contributed by atoms with van der Waals surface area (Å²) in [5, 5.41) is 15.2. The second-order valence-electron chi connectivity index (χ2n) is 6.38. The fourth-order valence-corrected chi connectivity index (χ4v) is 4.29. The molecule has 0 aliphatic rings. The SMILES string of the molecule is Cc1c(Nc2c(C#N)cnc3sc(-c4cnccn4)cc23)ccc2[nH]ccc12. The van der Waals surface area contributed by atoms with Gasteiger partial charge in [-0.05, 0) is 36.8 Å². The van der Waals surface area contributed by atoms with E-state index < -0.39 is 0 Å². The first-order valence-electron chi connectivity index (χ1n) is 8.67. The van der Waals surface area contributed by atoms with Crippen LogP contribution in [0.25, 0.3) is 31.7 Å². The molecule has 1 aromatic carbocycles. The molecular formula is C21H14N6S. The average Bonchev–Trinajstić information content (AvgIpc) is 3.38. The summed E-state index contributed by atoms with van der Waals surface area (Å²) in [4.78, 5) is 18.0. The third-order valence-corrected chi connectivity index (χ3v) is 5.83. The number of nitrogens with zero attached hydrogens (tertiary/aromatic N) is 4. The maximum Gasteiger partial charge on any atom is 0.126 e. The number of fused-ring (bicyclic) bond motifs is 2. The van der Waals surface area contributed by atoms with E-state index in [0.717, 1.165) is 48.6 Å². The number of pyridine rings is 1. The van der Waals surface area contributed by atoms with Gasteiger partial charge in [0.05, 0.1) is 28.0 Å². The maximum atomic E-state index is 9.63. The molecule has 0 aliphatic carbocycles. The third kappa shape index (κ3) is 2.59. The van der Waals surface area contributed by atoms with Crippen LogP contribution in [0, 0.1) is 18.3 Å². The quantitative estimate of drug-likeness (QED) is 0.450. The molecule has 134 valence electrons. The lowest BCUT2D eigenvalue weighted by Gasteiger charge is -2.12. The first-order chi connectivity index (χ1) is 13.7. The second kappa shape index (κ2) is 6.44. The Bertz CT molecular complexity index is 1360. The van der Waals surface area contributed by atoms with Gasteiger partial charge >= 0.3 is 0 Å². The van der Waals surface area contributed by atoms with Crippen molar-refractivity contribution in [1.82, 2.24) is 19.9 Å². The molecule has 0 spiro atoms. The van der Waals surface area contributed by atoms with E-state index in [1.807, 2.05) is 24.4 Å². The molecule has 0 unspecified atom stereocenters. The molecule has 6 nitrogen and oxygen atoms in total. The summed E-state index contributed by atoms with van der Waals surface area (Å²) in [6.45, 7) is 2.07. The zero-order valence-corrected chi connectivity index (χ0v) is 15.7. The fraction of sp³-hybridized carbons (Fsp3) is 0.0476. The van der Waals surface area contributed by atoms with E-state index in [-0.39, 0.29) is 0 Å². The van der Waals surface area contributed by atoms with Crippen molar-refractivity contribution in [1.29, 1.82) is 5.26 Å². The number of aryl methyl sites for hydroxylation is 1. The van der Waals surface area contributed by atoms with Gasteiger partial charge in [0.15, 0.2) is 0 Å². The van der Waals surface area contributed by atoms with Crippen molar-refractivity contribution in [3.63, 3.8) is 0 Å². The average molecular weight is 382 g/mol. The number of hydrogen-bond donors (Lipinski definition) is 2. The highest BCUT2D eigenvalue weighted by Gasteiger charge is 2.15. The molecule has 0 saturated heterocycles. The molecule has 7 heteroatoms. The lowest BCUT2D eigenvalue weighted by Crippen LogP contribution is -1.97. The van der Waals surface area contributed by atoms with Crippen LogP contribution in [0.4, 0.5) is 11.4 Å². The predicted octanol–water partition coefficient (Wildman–Crippen LogP) is 5.16. The van der Waals surface area contributed by atoms with Crippen LogP contribution >= 0.6 is 11.3 Å². The summed E-state index contributed by atoms with van der Waals surface area (Å²) in [5.41, 5.74) is 5.23. The Morgan fingerprint density at radius 2 is 2.04 bits per heavy atom. The van der Waals surface area contributed by atoms with E-state index in [1.54, 1.807) is 24.8 Å². The van der Waals surface area contributed by atoms with Gasteiger partial charge in [0, 0.05) is 46.8 Å². The lowest BCUT2D eigenvalue weighted by molar-refractivity contribution is 1.21. The number of benzene rings is 1. The van der Waals surface area contributed by atoms with Crippen LogP contribution in [-0.2, 0) is 0 Å². The Labute approximate surface area is 164 Å². The Morgan fingerprint density at radius 3 is 2.86 bits per heavy atom. The number of aromatic nitrogens is 4. The smallest absolute Gasteiger partial charge is 0.126 e. The molecule has 0 bridgehead atoms. The molecule has 2 N–H and O–H groups in total. The third-order valence-electron chi connectivity index (χ3n) is 4.76. The molecule has 5 aromatic rings. The number of aromatic amines is 1. The molecule has 28 heavy (non-hydrogen) atoms. The van der Waals surface area contributed by atoms with Gasteiger partial charge in [-0.1, -0.05) is 0 Å². The summed E-state index contributed by atoms with van der Waals surface area (Å²) >= 11 is 1.53. The minimum Gasteiger partial charge on any atom is -0.361 e. The van der Waals surface area contributed by atoms with E-state index >= 15 is 0 Å². The minimum absolute atomic E-state index is 0.504. The first kappa shape index (κ1) is 16.4. The predicted molar refractivity (Wildman–Crippen MR) is 112 cm³/mol. The maximum absolute atomic E-state index is 9.63. The topological polar surface area (TPSA) is 90.3 Å². The van der Waals surface area contributed by atoms with Crippen LogP contribution in [0.2, 0.25) is 0 Å². The zero-order chi connectivity index (χ0) is 19.1. The summed E-state index contributed by atoms with van der Waals surface area (Å²) in [7, 11) is 0. The molecule has 5 rings (SSSR count). The number of H-pyrrole nitrogens is 1. The van der Waals surface area contributed by atoms with Gasteiger partial charge in [-0.3, -0.25) is 9.97 Å². The largest absolute Gasteiger partial charge is 0.361 e. The van der Waals surface area contributed by atoms with E-state index in [4.69, 9.17) is 0 Å². The summed E-state index contributed by atoms with van der Waals surface area (Å²) in [6, 6.07) is 10.4. The van der Waals surface area contributed by atoms with Gasteiger partial charge < -0.3 is 10.3 Å². The van der Waals surface area contributed by atoms with Crippen LogP contribution < -0.4 is 5.32 Å². The minimum atomic E-state index is 0.504. The Kier molecular flexibility index (Phi) is 3.78. The number of nitrogens with one attached hydrogen (secondary N) is 2. The molecule has 0 saturated carbocycles. The van der Waals surface area contributed by atoms with Gasteiger partial charge in [0.2, 0.25) is 0 Å². The van der Waals surface area contributed by atoms with Crippen LogP contribution in [0.3, 0.4) is 0 Å². The van der Waals surface area contributed by atoms with Gasteiger partial charge in [-0.15, -0.1) is 11.3 Å². The number of rotatable bonds is 3. The van der Waals surface area contributed by atoms with Gasteiger partial charge in [0.1, 0.15) is 10.9 Å². The van der Waals surface area contributed by atoms with E-state index in [0.29, 0.717) is 5.56 Å². The number of thiophene rings is 1. The Morgan fingerprint density at radius 1 is 1.11 bits per heavy atom. The molecule has 4 heterocycles. The molecule has 0 atom stereocenters. The highest BCUT2D eigenvalue weighted by molar-refractivity contribution is 7.21. The van der Waals surface area contributed by atoms with Crippen LogP contribution in [0.5, 0.6) is 0 Å². The molecular weight excluding hydrogens is 368 g/mol. The highest BCUT2D eigenvalue weighted by atomic mass is 32.1. The monoisotopic (exact) mass is 382 g/mol. The van der Waals surface area contributed by atoms with E-state index in [1.165, 1.54) is 11.3 Å². The normalized spacial score (nSPS) is 11.0. The zero-order valence-electron chi connectivity index (χ0n) is 14.9. The molecule has 0 fully saturated rings. The second-order valence-corrected chi connectivity index (χ2v) is 7.41. The van der Waals surface area contributed by atoms with Crippen LogP contribution in [-0.4, -0.2) is 19.9 Å². The van der Waals surface area contributed by atoms with Gasteiger partial charge in [-0.2, -0.15) is 5.26 Å². The van der Waals surface area contributed by atoms with Crippen molar-refractivity contribution in [2.45, 2.75) is 6.92 Å². The van der Waals surface area contributed by atoms with Crippen molar-refractivity contribution in [3.05, 3.63) is 66.4 Å². The summed E-state index contributed by atoms with van der Waals surface area (Å²) < 4.78 is 0. The first-order valence-corrected chi connectivity index (χ1v) is 9.49. The summed E-state index contributed by atoms with van der Waals surface area (Å²) in [6.07, 6.45) is 8.59. The van der Waals surface area contributed by atoms with Crippen molar-refractivity contribution in [2.75, 3.05) is 5.32 Å². The lowest BCUT2D eigenvalue weighted by atomic mass is 10.1. The van der Waals surface area contributed by atoms with Crippen molar-refractivity contribution in [2.24, 2.45) is 0 Å². The molecule has 0 amide bonds. The van der Waals surface area contributed by atoms with Gasteiger partial charge in [0.25, 0.3) is 0 Å². The molecule has 0 aliphatic heterocycles.